The Bertz CT molecular complexity index is 347. The van der Waals surface area contributed by atoms with E-state index in [0.717, 1.165) is 25.3 Å². The molecule has 0 aliphatic rings. The van der Waals surface area contributed by atoms with Gasteiger partial charge in [-0.25, -0.2) is 4.98 Å². The Morgan fingerprint density at radius 2 is 1.67 bits per heavy atom. The Hall–Kier alpha value is -1.06. The highest BCUT2D eigenvalue weighted by Gasteiger charge is 2.32. The molecular weight excluding hydrogens is 239 g/mol. The molecule has 0 N–H and O–H groups in total. The molecule has 1 aromatic rings. The first-order valence-corrected chi connectivity index (χ1v) is 6.57. The van der Waals surface area contributed by atoms with Crippen LogP contribution in [-0.2, 0) is 12.6 Å². The number of alkyl halides is 3. The molecule has 18 heavy (non-hydrogen) atoms. The summed E-state index contributed by atoms with van der Waals surface area (Å²) in [6.07, 6.45) is 3.10. The van der Waals surface area contributed by atoms with E-state index in [2.05, 4.69) is 11.9 Å². The predicted molar refractivity (Wildman–Crippen MR) is 66.3 cm³/mol. The third kappa shape index (κ3) is 5.52. The molecule has 0 aliphatic heterocycles. The van der Waals surface area contributed by atoms with Crippen molar-refractivity contribution < 1.29 is 13.2 Å². The van der Waals surface area contributed by atoms with Crippen molar-refractivity contribution in [2.75, 3.05) is 0 Å². The zero-order valence-electron chi connectivity index (χ0n) is 10.8. The van der Waals surface area contributed by atoms with E-state index in [0.29, 0.717) is 12.1 Å². The van der Waals surface area contributed by atoms with E-state index in [-0.39, 0.29) is 0 Å². The number of hydrogen-bond acceptors (Lipinski definition) is 1. The van der Waals surface area contributed by atoms with Crippen molar-refractivity contribution in [1.82, 2.24) is 4.98 Å². The Labute approximate surface area is 106 Å². The minimum Gasteiger partial charge on any atom is -0.248 e. The van der Waals surface area contributed by atoms with E-state index in [1.54, 1.807) is 6.07 Å². The number of unbranched alkanes of at least 4 members (excludes halogenated alkanes) is 5. The molecule has 0 spiro atoms. The molecule has 0 unspecified atom stereocenters. The molecule has 0 bridgehead atoms. The van der Waals surface area contributed by atoms with Crippen LogP contribution in [0.25, 0.3) is 0 Å². The summed E-state index contributed by atoms with van der Waals surface area (Å²) in [6.45, 7) is 2.16. The first-order valence-electron chi connectivity index (χ1n) is 6.57. The molecule has 0 saturated heterocycles. The topological polar surface area (TPSA) is 12.9 Å². The van der Waals surface area contributed by atoms with Crippen molar-refractivity contribution >= 4 is 0 Å². The average molecular weight is 259 g/mol. The van der Waals surface area contributed by atoms with Crippen LogP contribution in [0, 0.1) is 0 Å². The van der Waals surface area contributed by atoms with Crippen molar-refractivity contribution in [3.63, 3.8) is 0 Å². The van der Waals surface area contributed by atoms with Gasteiger partial charge in [0.15, 0.2) is 0 Å². The molecule has 1 nitrogen and oxygen atoms in total. The lowest BCUT2D eigenvalue weighted by Crippen LogP contribution is -2.09. The highest BCUT2D eigenvalue weighted by molar-refractivity contribution is 5.13. The summed E-state index contributed by atoms with van der Waals surface area (Å²) in [5.74, 6) is 0. The lowest BCUT2D eigenvalue weighted by Gasteiger charge is -2.07. The van der Waals surface area contributed by atoms with Crippen LogP contribution in [0.1, 0.15) is 56.8 Å². The average Bonchev–Trinajstić information content (AvgIpc) is 2.33. The van der Waals surface area contributed by atoms with Crippen LogP contribution in [-0.4, -0.2) is 4.98 Å². The smallest absolute Gasteiger partial charge is 0.248 e. The van der Waals surface area contributed by atoms with Crippen molar-refractivity contribution in [3.05, 3.63) is 29.6 Å². The van der Waals surface area contributed by atoms with Crippen LogP contribution in [0.3, 0.4) is 0 Å². The minimum atomic E-state index is -4.34. The molecular formula is C14H20F3N. The normalized spacial score (nSPS) is 11.8. The molecule has 1 heterocycles. The number of halogens is 3. The third-order valence-corrected chi connectivity index (χ3v) is 2.88. The largest absolute Gasteiger partial charge is 0.433 e. The minimum absolute atomic E-state index is 0.542. The van der Waals surface area contributed by atoms with Crippen molar-refractivity contribution in [3.8, 4) is 0 Å². The molecule has 4 heteroatoms. The van der Waals surface area contributed by atoms with Gasteiger partial charge in [-0.2, -0.15) is 13.2 Å². The first-order chi connectivity index (χ1) is 8.54. The SMILES string of the molecule is CCCCCCCCc1cccc(C(F)(F)F)n1. The molecule has 0 saturated carbocycles. The summed E-state index contributed by atoms with van der Waals surface area (Å²) in [5, 5.41) is 0. The zero-order valence-corrected chi connectivity index (χ0v) is 10.8. The van der Waals surface area contributed by atoms with E-state index in [1.807, 2.05) is 0 Å². The molecule has 0 amide bonds. The fraction of sp³-hybridized carbons (Fsp3) is 0.643. The van der Waals surface area contributed by atoms with E-state index < -0.39 is 11.9 Å². The maximum atomic E-state index is 12.4. The number of aryl methyl sites for hydroxylation is 1. The molecule has 1 rings (SSSR count). The van der Waals surface area contributed by atoms with Crippen LogP contribution in [0.5, 0.6) is 0 Å². The van der Waals surface area contributed by atoms with Gasteiger partial charge in [-0.15, -0.1) is 0 Å². The van der Waals surface area contributed by atoms with Gasteiger partial charge in [0.25, 0.3) is 0 Å². The Morgan fingerprint density at radius 1 is 1.00 bits per heavy atom. The second-order valence-electron chi connectivity index (χ2n) is 4.53. The number of hydrogen-bond donors (Lipinski definition) is 0. The highest BCUT2D eigenvalue weighted by atomic mass is 19.4. The Morgan fingerprint density at radius 3 is 2.33 bits per heavy atom. The quantitative estimate of drug-likeness (QED) is 0.628. The van der Waals surface area contributed by atoms with Gasteiger partial charge in [0, 0.05) is 5.69 Å². The van der Waals surface area contributed by atoms with Gasteiger partial charge in [0.1, 0.15) is 5.69 Å². The summed E-state index contributed by atoms with van der Waals surface area (Å²) in [5.41, 5.74) is -0.244. The third-order valence-electron chi connectivity index (χ3n) is 2.88. The van der Waals surface area contributed by atoms with E-state index >= 15 is 0 Å². The number of aromatic nitrogens is 1. The number of rotatable bonds is 7. The van der Waals surface area contributed by atoms with Gasteiger partial charge in [0.05, 0.1) is 0 Å². The van der Waals surface area contributed by atoms with Crippen molar-refractivity contribution in [2.45, 2.75) is 58.0 Å². The van der Waals surface area contributed by atoms with Crippen molar-refractivity contribution in [2.24, 2.45) is 0 Å². The van der Waals surface area contributed by atoms with Crippen LogP contribution in [0.2, 0.25) is 0 Å². The fourth-order valence-corrected chi connectivity index (χ4v) is 1.86. The van der Waals surface area contributed by atoms with Gasteiger partial charge in [-0.3, -0.25) is 0 Å². The number of pyridine rings is 1. The van der Waals surface area contributed by atoms with Gasteiger partial charge in [-0.1, -0.05) is 45.1 Å². The molecule has 0 aliphatic carbocycles. The summed E-state index contributed by atoms with van der Waals surface area (Å²) in [7, 11) is 0. The van der Waals surface area contributed by atoms with Gasteiger partial charge in [0.2, 0.25) is 0 Å². The number of nitrogens with zero attached hydrogens (tertiary/aromatic N) is 1. The molecule has 0 fully saturated rings. The lowest BCUT2D eigenvalue weighted by atomic mass is 10.1. The summed E-state index contributed by atoms with van der Waals surface area (Å²) in [4.78, 5) is 3.65. The van der Waals surface area contributed by atoms with Gasteiger partial charge < -0.3 is 0 Å². The second kappa shape index (κ2) is 7.39. The summed E-state index contributed by atoms with van der Waals surface area (Å²) in [6, 6.07) is 4.12. The predicted octanol–water partition coefficient (Wildman–Crippen LogP) is 5.00. The van der Waals surface area contributed by atoms with E-state index in [1.165, 1.54) is 25.3 Å². The maximum absolute atomic E-state index is 12.4. The standard InChI is InChI=1S/C14H20F3N/c1-2-3-4-5-6-7-9-12-10-8-11-13(18-12)14(15,16)17/h8,10-11H,2-7,9H2,1H3. The van der Waals surface area contributed by atoms with E-state index in [4.69, 9.17) is 0 Å². The summed E-state index contributed by atoms with van der Waals surface area (Å²) < 4.78 is 37.3. The molecule has 0 atom stereocenters. The Kier molecular flexibility index (Phi) is 6.16. The molecule has 1 aromatic heterocycles. The zero-order chi connectivity index (χ0) is 13.4. The second-order valence-corrected chi connectivity index (χ2v) is 4.53. The molecule has 0 aromatic carbocycles. The first kappa shape index (κ1) is 15.0. The van der Waals surface area contributed by atoms with Gasteiger partial charge >= 0.3 is 6.18 Å². The lowest BCUT2D eigenvalue weighted by molar-refractivity contribution is -0.141. The fourth-order valence-electron chi connectivity index (χ4n) is 1.86. The Balaban J connectivity index is 2.34. The monoisotopic (exact) mass is 259 g/mol. The van der Waals surface area contributed by atoms with Crippen LogP contribution in [0.15, 0.2) is 18.2 Å². The molecule has 0 radical (unpaired) electrons. The van der Waals surface area contributed by atoms with Crippen LogP contribution in [0.4, 0.5) is 13.2 Å². The molecule has 102 valence electrons. The van der Waals surface area contributed by atoms with E-state index in [9.17, 15) is 13.2 Å². The summed E-state index contributed by atoms with van der Waals surface area (Å²) >= 11 is 0. The van der Waals surface area contributed by atoms with Crippen LogP contribution >= 0.6 is 0 Å². The highest BCUT2D eigenvalue weighted by Crippen LogP contribution is 2.27. The maximum Gasteiger partial charge on any atom is 0.433 e. The van der Waals surface area contributed by atoms with Crippen molar-refractivity contribution in [1.29, 1.82) is 0 Å². The van der Waals surface area contributed by atoms with Gasteiger partial charge in [-0.05, 0) is 25.0 Å². The van der Waals surface area contributed by atoms with Crippen LogP contribution < -0.4 is 0 Å².